The van der Waals surface area contributed by atoms with Crippen molar-refractivity contribution in [3.8, 4) is 0 Å². The number of benzene rings is 1. The fourth-order valence-corrected chi connectivity index (χ4v) is 3.12. The fraction of sp³-hybridized carbons (Fsp3) is 0.667. The second-order valence-corrected chi connectivity index (χ2v) is 7.47. The van der Waals surface area contributed by atoms with Crippen LogP contribution >= 0.6 is 0 Å². The predicted octanol–water partition coefficient (Wildman–Crippen LogP) is 4.75. The van der Waals surface area contributed by atoms with E-state index in [1.54, 1.807) is 12.1 Å². The quantitative estimate of drug-likeness (QED) is 0.330. The molecule has 0 atom stereocenters. The molecule has 0 aliphatic rings. The van der Waals surface area contributed by atoms with Gasteiger partial charge in [0.05, 0.1) is 4.90 Å². The van der Waals surface area contributed by atoms with Crippen LogP contribution in [0, 0.1) is 0 Å². The first kappa shape index (κ1) is 23.8. The average molecular weight is 367 g/mol. The average Bonchev–Trinajstić information content (AvgIpc) is 2.49. The molecular formula is C18H31KO3S. The summed E-state index contributed by atoms with van der Waals surface area (Å²) in [5.41, 5.74) is 1.13. The molecule has 0 radical (unpaired) electrons. The molecule has 23 heavy (non-hydrogen) atoms. The van der Waals surface area contributed by atoms with Crippen LogP contribution in [0.25, 0.3) is 0 Å². The van der Waals surface area contributed by atoms with Crippen molar-refractivity contribution >= 4 is 61.5 Å². The summed E-state index contributed by atoms with van der Waals surface area (Å²) in [6, 6.07) is 6.52. The maximum absolute atomic E-state index is 10.9. The van der Waals surface area contributed by atoms with Crippen LogP contribution in [0.3, 0.4) is 0 Å². The summed E-state index contributed by atoms with van der Waals surface area (Å²) in [7, 11) is -4.06. The van der Waals surface area contributed by atoms with E-state index >= 15 is 0 Å². The second-order valence-electron chi connectivity index (χ2n) is 6.05. The SMILES string of the molecule is CCCCCCCCCCCCc1ccc(S(=O)(=O)O)cc1.[KH]. The van der Waals surface area contributed by atoms with Gasteiger partial charge in [-0.25, -0.2) is 0 Å². The molecule has 0 bridgehead atoms. The minimum atomic E-state index is -4.06. The molecule has 1 aromatic carbocycles. The van der Waals surface area contributed by atoms with Gasteiger partial charge in [0.25, 0.3) is 10.1 Å². The third-order valence-corrected chi connectivity index (χ3v) is 4.91. The Kier molecular flexibility index (Phi) is 14.5. The maximum atomic E-state index is 10.9. The van der Waals surface area contributed by atoms with E-state index in [1.165, 1.54) is 69.9 Å². The monoisotopic (exact) mass is 366 g/mol. The Hall–Kier alpha value is 0.766. The summed E-state index contributed by atoms with van der Waals surface area (Å²) in [6.45, 7) is 2.25. The summed E-state index contributed by atoms with van der Waals surface area (Å²) >= 11 is 0. The third-order valence-electron chi connectivity index (χ3n) is 4.04. The van der Waals surface area contributed by atoms with Crippen LogP contribution in [-0.2, 0) is 16.5 Å². The van der Waals surface area contributed by atoms with Gasteiger partial charge in [-0.3, -0.25) is 4.55 Å². The Balaban J connectivity index is 0.00000484. The van der Waals surface area contributed by atoms with E-state index < -0.39 is 10.1 Å². The van der Waals surface area contributed by atoms with E-state index in [0.717, 1.165) is 18.4 Å². The zero-order valence-corrected chi connectivity index (χ0v) is 14.6. The van der Waals surface area contributed by atoms with Gasteiger partial charge in [0.1, 0.15) is 0 Å². The summed E-state index contributed by atoms with van der Waals surface area (Å²) in [6.07, 6.45) is 14.1. The van der Waals surface area contributed by atoms with E-state index in [0.29, 0.717) is 0 Å². The first-order valence-corrected chi connectivity index (χ1v) is 10.0. The summed E-state index contributed by atoms with van der Waals surface area (Å²) in [5, 5.41) is 0. The molecule has 3 nitrogen and oxygen atoms in total. The van der Waals surface area contributed by atoms with Crippen LogP contribution in [0.1, 0.15) is 76.7 Å². The Morgan fingerprint density at radius 3 is 1.65 bits per heavy atom. The van der Waals surface area contributed by atoms with Gasteiger partial charge in [-0.15, -0.1) is 0 Å². The molecule has 1 N–H and O–H groups in total. The van der Waals surface area contributed by atoms with Crippen molar-refractivity contribution in [1.29, 1.82) is 0 Å². The summed E-state index contributed by atoms with van der Waals surface area (Å²) in [5.74, 6) is 0. The molecule has 128 valence electrons. The predicted molar refractivity (Wildman–Crippen MR) is 99.0 cm³/mol. The van der Waals surface area contributed by atoms with E-state index in [2.05, 4.69) is 6.92 Å². The Morgan fingerprint density at radius 1 is 0.783 bits per heavy atom. The van der Waals surface area contributed by atoms with Gasteiger partial charge in [-0.2, -0.15) is 8.42 Å². The Bertz CT molecular complexity index is 498. The van der Waals surface area contributed by atoms with Gasteiger partial charge in [0.15, 0.2) is 0 Å². The van der Waals surface area contributed by atoms with Crippen molar-refractivity contribution in [3.63, 3.8) is 0 Å². The Labute approximate surface area is 184 Å². The molecule has 0 saturated carbocycles. The van der Waals surface area contributed by atoms with Crippen molar-refractivity contribution in [2.24, 2.45) is 0 Å². The third kappa shape index (κ3) is 11.9. The van der Waals surface area contributed by atoms with Crippen molar-refractivity contribution in [2.45, 2.75) is 82.4 Å². The standard InChI is InChI=1S/C18H30O3S.K.H/c1-2-3-4-5-6-7-8-9-10-11-12-17-13-15-18(16-14-17)22(19,20)21;;/h13-16H,2-12H2,1H3,(H,19,20,21);;. The molecule has 0 aromatic heterocycles. The molecule has 0 heterocycles. The number of hydrogen-bond donors (Lipinski definition) is 1. The van der Waals surface area contributed by atoms with Gasteiger partial charge in [0, 0.05) is 0 Å². The van der Waals surface area contributed by atoms with Crippen LogP contribution in [-0.4, -0.2) is 64.4 Å². The number of unbranched alkanes of at least 4 members (excludes halogenated alkanes) is 9. The first-order valence-electron chi connectivity index (χ1n) is 8.60. The van der Waals surface area contributed by atoms with Crippen molar-refractivity contribution < 1.29 is 13.0 Å². The molecule has 1 aromatic rings. The number of hydrogen-bond acceptors (Lipinski definition) is 2. The minimum absolute atomic E-state index is 0. The summed E-state index contributed by atoms with van der Waals surface area (Å²) < 4.78 is 30.8. The van der Waals surface area contributed by atoms with Crippen molar-refractivity contribution in [3.05, 3.63) is 29.8 Å². The summed E-state index contributed by atoms with van der Waals surface area (Å²) in [4.78, 5) is -0.0284. The molecule has 1 rings (SSSR count). The van der Waals surface area contributed by atoms with Gasteiger partial charge < -0.3 is 0 Å². The molecular weight excluding hydrogens is 335 g/mol. The number of aryl methyl sites for hydroxylation is 1. The molecule has 0 unspecified atom stereocenters. The first-order chi connectivity index (χ1) is 10.5. The van der Waals surface area contributed by atoms with Crippen LogP contribution in [0.15, 0.2) is 29.2 Å². The molecule has 5 heteroatoms. The zero-order chi connectivity index (χ0) is 16.3. The normalized spacial score (nSPS) is 11.2. The van der Waals surface area contributed by atoms with Crippen LogP contribution in [0.4, 0.5) is 0 Å². The van der Waals surface area contributed by atoms with E-state index in [4.69, 9.17) is 4.55 Å². The molecule has 0 aliphatic carbocycles. The fourth-order valence-electron chi connectivity index (χ4n) is 2.64. The van der Waals surface area contributed by atoms with E-state index in [-0.39, 0.29) is 56.3 Å². The molecule has 0 spiro atoms. The van der Waals surface area contributed by atoms with E-state index in [9.17, 15) is 8.42 Å². The van der Waals surface area contributed by atoms with Gasteiger partial charge in [-0.1, -0.05) is 76.8 Å². The van der Waals surface area contributed by atoms with Gasteiger partial charge in [0.2, 0.25) is 0 Å². The van der Waals surface area contributed by atoms with Gasteiger partial charge in [-0.05, 0) is 30.5 Å². The van der Waals surface area contributed by atoms with Gasteiger partial charge >= 0.3 is 51.4 Å². The van der Waals surface area contributed by atoms with Crippen molar-refractivity contribution in [1.82, 2.24) is 0 Å². The zero-order valence-electron chi connectivity index (χ0n) is 13.8. The van der Waals surface area contributed by atoms with E-state index in [1.807, 2.05) is 0 Å². The van der Waals surface area contributed by atoms with Crippen LogP contribution in [0.5, 0.6) is 0 Å². The van der Waals surface area contributed by atoms with Crippen LogP contribution in [0.2, 0.25) is 0 Å². The molecule has 0 saturated heterocycles. The molecule has 0 fully saturated rings. The molecule has 0 amide bonds. The van der Waals surface area contributed by atoms with Crippen LogP contribution < -0.4 is 0 Å². The molecule has 0 aliphatic heterocycles. The topological polar surface area (TPSA) is 54.4 Å². The Morgan fingerprint density at radius 2 is 1.22 bits per heavy atom. The number of rotatable bonds is 12. The second kappa shape index (κ2) is 14.0. The van der Waals surface area contributed by atoms with Crippen molar-refractivity contribution in [2.75, 3.05) is 0 Å².